The fourth-order valence-corrected chi connectivity index (χ4v) is 2.85. The average Bonchev–Trinajstić information content (AvgIpc) is 2.71. The molecule has 28 heavy (non-hydrogen) atoms. The number of halogens is 2. The van der Waals surface area contributed by atoms with Crippen molar-refractivity contribution in [3.05, 3.63) is 92.5 Å². The number of aliphatic hydroxyl groups is 1. The average molecular weight is 400 g/mol. The Morgan fingerprint density at radius 3 is 2.57 bits per heavy atom. The predicted molar refractivity (Wildman–Crippen MR) is 108 cm³/mol. The smallest absolute Gasteiger partial charge is 0.272 e. The summed E-state index contributed by atoms with van der Waals surface area (Å²) in [7, 11) is 0. The lowest BCUT2D eigenvalue weighted by Gasteiger charge is -2.10. The maximum Gasteiger partial charge on any atom is 0.272 e. The zero-order chi connectivity index (χ0) is 20.1. The molecule has 0 saturated carbocycles. The van der Waals surface area contributed by atoms with Gasteiger partial charge in [0.25, 0.3) is 5.56 Å². The molecule has 0 unspecified atom stereocenters. The molecule has 5 nitrogen and oxygen atoms in total. The Morgan fingerprint density at radius 2 is 1.89 bits per heavy atom. The Morgan fingerprint density at radius 1 is 1.14 bits per heavy atom. The van der Waals surface area contributed by atoms with E-state index in [0.29, 0.717) is 21.8 Å². The minimum Gasteiger partial charge on any atom is -0.391 e. The standard InChI is InChI=1S/C21H19ClFN3O2/c22-18-6-3-14(4-7-18)2-1-9-26-21(28)17(13-27)11-20(25-26)15-5-8-19(23)16(10-15)12-24/h1-8,10-11,27H,9,12-13,24H2. The number of allylic oxidation sites excluding steroid dienone is 1. The monoisotopic (exact) mass is 399 g/mol. The van der Waals surface area contributed by atoms with Gasteiger partial charge in [0, 0.05) is 28.3 Å². The van der Waals surface area contributed by atoms with Crippen LogP contribution < -0.4 is 11.3 Å². The van der Waals surface area contributed by atoms with Crippen molar-refractivity contribution in [3.8, 4) is 11.3 Å². The summed E-state index contributed by atoms with van der Waals surface area (Å²) < 4.78 is 15.0. The topological polar surface area (TPSA) is 81.1 Å². The van der Waals surface area contributed by atoms with Crippen LogP contribution in [0.2, 0.25) is 5.02 Å². The first-order valence-electron chi connectivity index (χ1n) is 8.64. The van der Waals surface area contributed by atoms with Gasteiger partial charge in [0.05, 0.1) is 18.8 Å². The molecule has 0 amide bonds. The largest absolute Gasteiger partial charge is 0.391 e. The quantitative estimate of drug-likeness (QED) is 0.666. The van der Waals surface area contributed by atoms with Gasteiger partial charge >= 0.3 is 0 Å². The Kier molecular flexibility index (Phi) is 6.36. The highest BCUT2D eigenvalue weighted by atomic mass is 35.5. The van der Waals surface area contributed by atoms with E-state index >= 15 is 0 Å². The molecule has 0 fully saturated rings. The third kappa shape index (κ3) is 4.54. The molecule has 7 heteroatoms. The van der Waals surface area contributed by atoms with Crippen LogP contribution in [0.4, 0.5) is 4.39 Å². The lowest BCUT2D eigenvalue weighted by Crippen LogP contribution is -2.26. The molecule has 0 aliphatic heterocycles. The molecule has 0 spiro atoms. The second kappa shape index (κ2) is 8.93. The molecule has 0 aliphatic carbocycles. The molecule has 0 aliphatic rings. The molecule has 3 rings (SSSR count). The van der Waals surface area contributed by atoms with Gasteiger partial charge in [-0.2, -0.15) is 5.10 Å². The lowest BCUT2D eigenvalue weighted by atomic mass is 10.1. The normalized spacial score (nSPS) is 11.3. The molecule has 3 N–H and O–H groups in total. The molecule has 1 heterocycles. The van der Waals surface area contributed by atoms with Crippen molar-refractivity contribution in [1.82, 2.24) is 9.78 Å². The van der Waals surface area contributed by atoms with Crippen LogP contribution >= 0.6 is 11.6 Å². The summed E-state index contributed by atoms with van der Waals surface area (Å²) in [4.78, 5) is 12.5. The van der Waals surface area contributed by atoms with E-state index in [2.05, 4.69) is 5.10 Å². The lowest BCUT2D eigenvalue weighted by molar-refractivity contribution is 0.278. The van der Waals surface area contributed by atoms with Gasteiger partial charge in [0.1, 0.15) is 5.82 Å². The maximum absolute atomic E-state index is 13.7. The summed E-state index contributed by atoms with van der Waals surface area (Å²) in [6.07, 6.45) is 3.64. The predicted octanol–water partition coefficient (Wildman–Crippen LogP) is 3.37. The summed E-state index contributed by atoms with van der Waals surface area (Å²) in [5.74, 6) is -0.396. The summed E-state index contributed by atoms with van der Waals surface area (Å²) in [6.45, 7) is -0.149. The van der Waals surface area contributed by atoms with Crippen LogP contribution in [0.1, 0.15) is 16.7 Å². The van der Waals surface area contributed by atoms with E-state index in [1.807, 2.05) is 18.2 Å². The molecule has 0 atom stereocenters. The Hall–Kier alpha value is -2.80. The van der Waals surface area contributed by atoms with Crippen LogP contribution in [-0.2, 0) is 19.7 Å². The van der Waals surface area contributed by atoms with Gasteiger partial charge in [-0.1, -0.05) is 35.9 Å². The Bertz CT molecular complexity index is 1060. The van der Waals surface area contributed by atoms with E-state index in [1.165, 1.54) is 16.8 Å². The first-order valence-corrected chi connectivity index (χ1v) is 9.02. The molecule has 0 bridgehead atoms. The van der Waals surface area contributed by atoms with E-state index in [9.17, 15) is 14.3 Å². The molecular formula is C21H19ClFN3O2. The first kappa shape index (κ1) is 19.9. The number of nitrogens with zero attached hydrogens (tertiary/aromatic N) is 2. The fourth-order valence-electron chi connectivity index (χ4n) is 2.73. The zero-order valence-corrected chi connectivity index (χ0v) is 15.7. The van der Waals surface area contributed by atoms with E-state index in [0.717, 1.165) is 5.56 Å². The van der Waals surface area contributed by atoms with Gasteiger partial charge in [0.15, 0.2) is 0 Å². The van der Waals surface area contributed by atoms with Crippen molar-refractivity contribution in [1.29, 1.82) is 0 Å². The molecule has 2 aromatic carbocycles. The molecule has 0 radical (unpaired) electrons. The van der Waals surface area contributed by atoms with Crippen molar-refractivity contribution in [3.63, 3.8) is 0 Å². The van der Waals surface area contributed by atoms with Crippen molar-refractivity contribution < 1.29 is 9.50 Å². The highest BCUT2D eigenvalue weighted by molar-refractivity contribution is 6.30. The van der Waals surface area contributed by atoms with Gasteiger partial charge in [-0.25, -0.2) is 9.07 Å². The zero-order valence-electron chi connectivity index (χ0n) is 15.0. The summed E-state index contributed by atoms with van der Waals surface area (Å²) in [6, 6.07) is 13.3. The van der Waals surface area contributed by atoms with Crippen molar-refractivity contribution >= 4 is 17.7 Å². The van der Waals surface area contributed by atoms with Gasteiger partial charge in [-0.3, -0.25) is 4.79 Å². The fraction of sp³-hybridized carbons (Fsp3) is 0.143. The van der Waals surface area contributed by atoms with E-state index in [-0.39, 0.29) is 24.2 Å². The molecular weight excluding hydrogens is 381 g/mol. The highest BCUT2D eigenvalue weighted by Crippen LogP contribution is 2.20. The van der Waals surface area contributed by atoms with Gasteiger partial charge < -0.3 is 10.8 Å². The van der Waals surface area contributed by atoms with E-state index in [4.69, 9.17) is 17.3 Å². The molecule has 3 aromatic rings. The Balaban J connectivity index is 1.94. The number of aliphatic hydroxyl groups excluding tert-OH is 1. The summed E-state index contributed by atoms with van der Waals surface area (Å²) in [5, 5.41) is 14.5. The minimum atomic E-state index is -0.416. The number of rotatable bonds is 6. The van der Waals surface area contributed by atoms with Crippen LogP contribution in [0.15, 0.2) is 59.4 Å². The molecule has 144 valence electrons. The van der Waals surface area contributed by atoms with Crippen LogP contribution in [0.3, 0.4) is 0 Å². The second-order valence-corrected chi connectivity index (χ2v) is 6.60. The van der Waals surface area contributed by atoms with Gasteiger partial charge in [-0.05, 0) is 42.0 Å². The van der Waals surface area contributed by atoms with Crippen molar-refractivity contribution in [2.75, 3.05) is 0 Å². The third-order valence-electron chi connectivity index (χ3n) is 4.24. The number of benzene rings is 2. The SMILES string of the molecule is NCc1cc(-c2cc(CO)c(=O)n(CC=Cc3ccc(Cl)cc3)n2)ccc1F. The van der Waals surface area contributed by atoms with Gasteiger partial charge in [0.2, 0.25) is 0 Å². The minimum absolute atomic E-state index is 0.0516. The van der Waals surface area contributed by atoms with Crippen molar-refractivity contribution in [2.24, 2.45) is 5.73 Å². The number of hydrogen-bond acceptors (Lipinski definition) is 4. The molecule has 0 saturated heterocycles. The van der Waals surface area contributed by atoms with Crippen LogP contribution in [0, 0.1) is 5.82 Å². The second-order valence-electron chi connectivity index (χ2n) is 6.16. The van der Waals surface area contributed by atoms with E-state index < -0.39 is 12.4 Å². The van der Waals surface area contributed by atoms with Crippen LogP contribution in [0.25, 0.3) is 17.3 Å². The number of aromatic nitrogens is 2. The highest BCUT2D eigenvalue weighted by Gasteiger charge is 2.11. The third-order valence-corrected chi connectivity index (χ3v) is 4.49. The summed E-state index contributed by atoms with van der Waals surface area (Å²) in [5.41, 5.74) is 7.75. The molecule has 1 aromatic heterocycles. The first-order chi connectivity index (χ1) is 13.5. The van der Waals surface area contributed by atoms with Crippen molar-refractivity contribution in [2.45, 2.75) is 19.7 Å². The number of nitrogens with two attached hydrogens (primary N) is 1. The van der Waals surface area contributed by atoms with Crippen LogP contribution in [0.5, 0.6) is 0 Å². The van der Waals surface area contributed by atoms with E-state index in [1.54, 1.807) is 30.3 Å². The maximum atomic E-state index is 13.7. The van der Waals surface area contributed by atoms with Gasteiger partial charge in [-0.15, -0.1) is 0 Å². The van der Waals surface area contributed by atoms with Crippen LogP contribution in [-0.4, -0.2) is 14.9 Å². The Labute approximate surface area is 166 Å². The number of hydrogen-bond donors (Lipinski definition) is 2. The summed E-state index contributed by atoms with van der Waals surface area (Å²) >= 11 is 5.87.